The standard InChI is InChI=1S/C10H13N5O3S2/c1-3-15-4-8(9(11)13-15)20(17,18)14-10-12-7(5-19-10)6(2)16/h4-5H,3H2,1-2H3,(H2,11,13)(H,12,14). The van der Waals surface area contributed by atoms with Gasteiger partial charge in [0.15, 0.2) is 16.7 Å². The molecule has 0 aromatic carbocycles. The molecule has 0 aliphatic heterocycles. The highest BCUT2D eigenvalue weighted by molar-refractivity contribution is 7.93. The Morgan fingerprint density at radius 2 is 2.25 bits per heavy atom. The molecule has 0 atom stereocenters. The van der Waals surface area contributed by atoms with Crippen molar-refractivity contribution in [2.24, 2.45) is 0 Å². The second kappa shape index (κ2) is 5.21. The molecule has 2 aromatic heterocycles. The van der Waals surface area contributed by atoms with Gasteiger partial charge in [-0.3, -0.25) is 14.2 Å². The fourth-order valence-corrected chi connectivity index (χ4v) is 3.52. The SMILES string of the molecule is CCn1cc(S(=O)(=O)Nc2nc(C(C)=O)cs2)c(N)n1. The fraction of sp³-hybridized carbons (Fsp3) is 0.300. The molecule has 0 saturated heterocycles. The quantitative estimate of drug-likeness (QED) is 0.792. The van der Waals surface area contributed by atoms with Gasteiger partial charge in [-0.2, -0.15) is 5.10 Å². The van der Waals surface area contributed by atoms with Crippen LogP contribution in [0, 0.1) is 0 Å². The third-order valence-corrected chi connectivity index (χ3v) is 4.70. The predicted octanol–water partition coefficient (Wildman–Crippen LogP) is 0.945. The van der Waals surface area contributed by atoms with Crippen LogP contribution in [0.4, 0.5) is 10.9 Å². The number of sulfonamides is 1. The van der Waals surface area contributed by atoms with Crippen LogP contribution in [0.5, 0.6) is 0 Å². The Hall–Kier alpha value is -1.94. The van der Waals surface area contributed by atoms with Crippen LogP contribution in [0.2, 0.25) is 0 Å². The first-order chi connectivity index (χ1) is 9.33. The van der Waals surface area contributed by atoms with Crippen molar-refractivity contribution in [1.82, 2.24) is 14.8 Å². The minimum atomic E-state index is -3.87. The van der Waals surface area contributed by atoms with Crippen molar-refractivity contribution >= 4 is 38.1 Å². The fourth-order valence-electron chi connectivity index (χ4n) is 1.44. The number of nitrogens with two attached hydrogens (primary N) is 1. The normalized spacial score (nSPS) is 11.5. The average molecular weight is 315 g/mol. The maximum absolute atomic E-state index is 12.2. The van der Waals surface area contributed by atoms with Crippen LogP contribution in [-0.2, 0) is 16.6 Å². The number of thiazole rings is 1. The molecular formula is C10H13N5O3S2. The first kappa shape index (κ1) is 14.5. The molecule has 10 heteroatoms. The summed E-state index contributed by atoms with van der Waals surface area (Å²) < 4.78 is 28.0. The summed E-state index contributed by atoms with van der Waals surface area (Å²) in [5, 5.41) is 5.47. The maximum atomic E-state index is 12.2. The second-order valence-corrected chi connectivity index (χ2v) is 6.44. The number of aryl methyl sites for hydroxylation is 1. The van der Waals surface area contributed by atoms with Crippen LogP contribution >= 0.6 is 11.3 Å². The Morgan fingerprint density at radius 1 is 1.55 bits per heavy atom. The molecule has 0 spiro atoms. The lowest BCUT2D eigenvalue weighted by Crippen LogP contribution is -2.14. The van der Waals surface area contributed by atoms with Gasteiger partial charge in [0.25, 0.3) is 10.0 Å². The molecule has 0 aliphatic rings. The van der Waals surface area contributed by atoms with Gasteiger partial charge in [-0.1, -0.05) is 0 Å². The van der Waals surface area contributed by atoms with Crippen molar-refractivity contribution in [2.75, 3.05) is 10.5 Å². The van der Waals surface area contributed by atoms with Crippen LogP contribution in [-0.4, -0.2) is 29.0 Å². The van der Waals surface area contributed by atoms with Crippen molar-refractivity contribution in [3.8, 4) is 0 Å². The Kier molecular flexibility index (Phi) is 3.77. The summed E-state index contributed by atoms with van der Waals surface area (Å²) in [5.41, 5.74) is 5.80. The van der Waals surface area contributed by atoms with E-state index in [4.69, 9.17) is 5.73 Å². The summed E-state index contributed by atoms with van der Waals surface area (Å²) >= 11 is 1.03. The molecule has 3 N–H and O–H groups in total. The van der Waals surface area contributed by atoms with E-state index in [9.17, 15) is 13.2 Å². The number of Topliss-reactive ketones (excluding diaryl/α,β-unsaturated/α-hetero) is 1. The van der Waals surface area contributed by atoms with Gasteiger partial charge in [-0.25, -0.2) is 13.4 Å². The molecule has 0 amide bonds. The summed E-state index contributed by atoms with van der Waals surface area (Å²) in [6.07, 6.45) is 1.34. The number of nitrogen functional groups attached to an aromatic ring is 1. The van der Waals surface area contributed by atoms with Gasteiger partial charge < -0.3 is 5.73 Å². The number of nitrogens with zero attached hydrogens (tertiary/aromatic N) is 3. The van der Waals surface area contributed by atoms with Crippen LogP contribution < -0.4 is 10.5 Å². The number of ketones is 1. The van der Waals surface area contributed by atoms with Crippen LogP contribution in [0.25, 0.3) is 0 Å². The molecule has 2 rings (SSSR count). The largest absolute Gasteiger partial charge is 0.381 e. The maximum Gasteiger partial charge on any atom is 0.268 e. The van der Waals surface area contributed by atoms with Gasteiger partial charge in [0.2, 0.25) is 0 Å². The molecule has 0 saturated carbocycles. The monoisotopic (exact) mass is 315 g/mol. The molecule has 0 bridgehead atoms. The molecule has 0 aliphatic carbocycles. The van der Waals surface area contributed by atoms with Crippen molar-refractivity contribution in [2.45, 2.75) is 25.3 Å². The Bertz CT molecular complexity index is 747. The van der Waals surface area contributed by atoms with Gasteiger partial charge >= 0.3 is 0 Å². The summed E-state index contributed by atoms with van der Waals surface area (Å²) in [7, 11) is -3.87. The summed E-state index contributed by atoms with van der Waals surface area (Å²) in [6.45, 7) is 3.68. The third-order valence-electron chi connectivity index (χ3n) is 2.45. The van der Waals surface area contributed by atoms with E-state index in [2.05, 4.69) is 14.8 Å². The Balaban J connectivity index is 2.30. The molecule has 20 heavy (non-hydrogen) atoms. The zero-order valence-electron chi connectivity index (χ0n) is 10.8. The lowest BCUT2D eigenvalue weighted by molar-refractivity contribution is 0.101. The predicted molar refractivity (Wildman–Crippen MR) is 75.2 cm³/mol. The number of rotatable bonds is 5. The Labute approximate surface area is 119 Å². The van der Waals surface area contributed by atoms with E-state index < -0.39 is 10.0 Å². The first-order valence-electron chi connectivity index (χ1n) is 5.65. The molecule has 2 heterocycles. The highest BCUT2D eigenvalue weighted by Gasteiger charge is 2.22. The number of hydrogen-bond donors (Lipinski definition) is 2. The first-order valence-corrected chi connectivity index (χ1v) is 8.02. The van der Waals surface area contributed by atoms with E-state index in [0.29, 0.717) is 6.54 Å². The van der Waals surface area contributed by atoms with Crippen molar-refractivity contribution in [3.63, 3.8) is 0 Å². The molecule has 0 fully saturated rings. The van der Waals surface area contributed by atoms with E-state index in [1.165, 1.54) is 23.2 Å². The summed E-state index contributed by atoms with van der Waals surface area (Å²) in [5.74, 6) is -0.312. The smallest absolute Gasteiger partial charge is 0.268 e. The topological polar surface area (TPSA) is 120 Å². The van der Waals surface area contributed by atoms with Gasteiger partial charge in [0, 0.05) is 25.0 Å². The van der Waals surface area contributed by atoms with Crippen LogP contribution in [0.15, 0.2) is 16.5 Å². The van der Waals surface area contributed by atoms with Gasteiger partial charge in [-0.05, 0) is 6.92 Å². The molecule has 2 aromatic rings. The summed E-state index contributed by atoms with van der Waals surface area (Å²) in [6, 6.07) is 0. The highest BCUT2D eigenvalue weighted by Crippen LogP contribution is 2.23. The van der Waals surface area contributed by atoms with Crippen molar-refractivity contribution in [1.29, 1.82) is 0 Å². The lowest BCUT2D eigenvalue weighted by atomic mass is 10.4. The number of nitrogens with one attached hydrogen (secondary N) is 1. The van der Waals surface area contributed by atoms with E-state index in [1.54, 1.807) is 0 Å². The minimum Gasteiger partial charge on any atom is -0.381 e. The number of carbonyl (C=O) groups is 1. The summed E-state index contributed by atoms with van der Waals surface area (Å²) in [4.78, 5) is 14.9. The number of hydrogen-bond acceptors (Lipinski definition) is 7. The Morgan fingerprint density at radius 3 is 2.75 bits per heavy atom. The van der Waals surface area contributed by atoms with Crippen molar-refractivity contribution < 1.29 is 13.2 Å². The average Bonchev–Trinajstić information content (AvgIpc) is 2.95. The number of carbonyl (C=O) groups excluding carboxylic acids is 1. The van der Waals surface area contributed by atoms with Gasteiger partial charge in [-0.15, -0.1) is 11.3 Å². The van der Waals surface area contributed by atoms with Gasteiger partial charge in [0.05, 0.1) is 0 Å². The van der Waals surface area contributed by atoms with Crippen molar-refractivity contribution in [3.05, 3.63) is 17.3 Å². The second-order valence-electron chi connectivity index (χ2n) is 3.93. The lowest BCUT2D eigenvalue weighted by Gasteiger charge is -2.02. The minimum absolute atomic E-state index is 0.0808. The molecule has 108 valence electrons. The number of aromatic nitrogens is 3. The zero-order valence-corrected chi connectivity index (χ0v) is 12.5. The van der Waals surface area contributed by atoms with E-state index in [-0.39, 0.29) is 27.3 Å². The van der Waals surface area contributed by atoms with E-state index in [0.717, 1.165) is 11.3 Å². The van der Waals surface area contributed by atoms with Crippen LogP contribution in [0.3, 0.4) is 0 Å². The van der Waals surface area contributed by atoms with E-state index in [1.807, 2.05) is 6.92 Å². The molecule has 0 radical (unpaired) electrons. The molecule has 0 unspecified atom stereocenters. The molecule has 8 nitrogen and oxygen atoms in total. The third kappa shape index (κ3) is 2.80. The number of anilines is 2. The zero-order chi connectivity index (χ0) is 14.9. The van der Waals surface area contributed by atoms with E-state index >= 15 is 0 Å². The molecular weight excluding hydrogens is 302 g/mol. The van der Waals surface area contributed by atoms with Gasteiger partial charge in [0.1, 0.15) is 10.6 Å². The van der Waals surface area contributed by atoms with Crippen LogP contribution in [0.1, 0.15) is 24.3 Å². The highest BCUT2D eigenvalue weighted by atomic mass is 32.2.